The lowest BCUT2D eigenvalue weighted by molar-refractivity contribution is -0.384. The molecule has 0 saturated heterocycles. The van der Waals surface area contributed by atoms with Gasteiger partial charge in [-0.1, -0.05) is 12.1 Å². The summed E-state index contributed by atoms with van der Waals surface area (Å²) >= 11 is 0. The fourth-order valence-electron chi connectivity index (χ4n) is 2.44. The molecule has 0 saturated carbocycles. The normalized spacial score (nSPS) is 11.0. The van der Waals surface area contributed by atoms with Crippen LogP contribution in [0.3, 0.4) is 0 Å². The average molecular weight is 376 g/mol. The van der Waals surface area contributed by atoms with Gasteiger partial charge >= 0.3 is 11.9 Å². The Morgan fingerprint density at radius 3 is 2.30 bits per heavy atom. The third kappa shape index (κ3) is 4.25. The molecule has 0 spiro atoms. The molecular weight excluding hydrogens is 356 g/mol. The first-order valence-corrected chi connectivity index (χ1v) is 7.95. The van der Waals surface area contributed by atoms with E-state index in [9.17, 15) is 19.7 Å². The molecule has 1 N–H and O–H groups in total. The van der Waals surface area contributed by atoms with Crippen molar-refractivity contribution < 1.29 is 28.4 Å². The van der Waals surface area contributed by atoms with Gasteiger partial charge < -0.3 is 19.2 Å². The van der Waals surface area contributed by atoms with Gasteiger partial charge in [-0.05, 0) is 26.3 Å². The molecule has 27 heavy (non-hydrogen) atoms. The smallest absolute Gasteiger partial charge is 0.375 e. The van der Waals surface area contributed by atoms with Crippen LogP contribution in [0.2, 0.25) is 0 Å². The maximum atomic E-state index is 12.4. The average Bonchev–Trinajstić information content (AvgIpc) is 2.97. The van der Waals surface area contributed by atoms with Crippen molar-refractivity contribution in [3.8, 4) is 11.1 Å². The van der Waals surface area contributed by atoms with Crippen LogP contribution in [-0.2, 0) is 9.47 Å². The second kappa shape index (κ2) is 7.48. The lowest BCUT2D eigenvalue weighted by atomic mass is 10.00. The van der Waals surface area contributed by atoms with Gasteiger partial charge in [0.15, 0.2) is 0 Å². The Hall–Kier alpha value is -3.36. The van der Waals surface area contributed by atoms with Crippen molar-refractivity contribution in [2.75, 3.05) is 19.5 Å². The Labute approximate surface area is 155 Å². The highest BCUT2D eigenvalue weighted by atomic mass is 16.6. The van der Waals surface area contributed by atoms with Crippen LogP contribution in [0.25, 0.3) is 11.1 Å². The summed E-state index contributed by atoms with van der Waals surface area (Å²) in [5, 5.41) is 14.2. The molecule has 1 aromatic heterocycles. The predicted octanol–water partition coefficient (Wildman–Crippen LogP) is 3.64. The van der Waals surface area contributed by atoms with Gasteiger partial charge in [-0.25, -0.2) is 9.59 Å². The van der Waals surface area contributed by atoms with Crippen LogP contribution in [0.15, 0.2) is 28.7 Å². The fourth-order valence-corrected chi connectivity index (χ4v) is 2.44. The molecule has 0 atom stereocenters. The maximum absolute atomic E-state index is 12.4. The van der Waals surface area contributed by atoms with E-state index in [1.54, 1.807) is 6.07 Å². The van der Waals surface area contributed by atoms with E-state index in [0.29, 0.717) is 5.56 Å². The van der Waals surface area contributed by atoms with Crippen molar-refractivity contribution in [2.45, 2.75) is 26.3 Å². The number of ether oxygens (including phenoxy) is 2. The van der Waals surface area contributed by atoms with Gasteiger partial charge in [0.1, 0.15) is 5.56 Å². The Morgan fingerprint density at radius 2 is 1.78 bits per heavy atom. The van der Waals surface area contributed by atoms with Crippen molar-refractivity contribution in [3.05, 3.63) is 45.7 Å². The lowest BCUT2D eigenvalue weighted by Gasteiger charge is -2.21. The topological polar surface area (TPSA) is 121 Å². The Morgan fingerprint density at radius 1 is 1.15 bits per heavy atom. The van der Waals surface area contributed by atoms with E-state index >= 15 is 0 Å². The molecule has 0 aliphatic rings. The molecule has 144 valence electrons. The first-order chi connectivity index (χ1) is 12.6. The molecule has 0 radical (unpaired) electrons. The number of carbonyl (C=O) groups excluding carboxylic acids is 2. The Bertz CT molecular complexity index is 894. The molecule has 0 bridgehead atoms. The van der Waals surface area contributed by atoms with Crippen molar-refractivity contribution in [1.29, 1.82) is 0 Å². The van der Waals surface area contributed by atoms with E-state index in [1.165, 1.54) is 18.2 Å². The van der Waals surface area contributed by atoms with E-state index in [2.05, 4.69) is 5.32 Å². The Balaban J connectivity index is 2.84. The van der Waals surface area contributed by atoms with Crippen molar-refractivity contribution >= 4 is 23.5 Å². The van der Waals surface area contributed by atoms with Crippen LogP contribution in [0.1, 0.15) is 41.7 Å². The number of non-ortho nitro benzene ring substituents is 1. The highest BCUT2D eigenvalue weighted by Gasteiger charge is 2.33. The van der Waals surface area contributed by atoms with E-state index in [1.807, 2.05) is 20.8 Å². The number of nitrogens with zero attached hydrogens (tertiary/aromatic N) is 1. The van der Waals surface area contributed by atoms with Crippen LogP contribution in [0.4, 0.5) is 11.6 Å². The number of esters is 2. The van der Waals surface area contributed by atoms with E-state index in [-0.39, 0.29) is 28.5 Å². The third-order valence-corrected chi connectivity index (χ3v) is 3.50. The van der Waals surface area contributed by atoms with Crippen LogP contribution in [0, 0.1) is 10.1 Å². The zero-order valence-corrected chi connectivity index (χ0v) is 15.6. The van der Waals surface area contributed by atoms with Crippen molar-refractivity contribution in [1.82, 2.24) is 0 Å². The minimum atomic E-state index is -0.871. The number of carbonyl (C=O) groups is 2. The minimum absolute atomic E-state index is 0.101. The van der Waals surface area contributed by atoms with E-state index < -0.39 is 22.4 Å². The summed E-state index contributed by atoms with van der Waals surface area (Å²) in [6.45, 7) is 5.55. The zero-order chi connectivity index (χ0) is 20.4. The van der Waals surface area contributed by atoms with Crippen LogP contribution >= 0.6 is 0 Å². The Kier molecular flexibility index (Phi) is 5.53. The number of hydrogen-bond acceptors (Lipinski definition) is 8. The molecule has 2 aromatic rings. The number of methoxy groups -OCH3 is 2. The van der Waals surface area contributed by atoms with Gasteiger partial charge in [0, 0.05) is 17.7 Å². The molecule has 0 aliphatic heterocycles. The second-order valence-electron chi connectivity index (χ2n) is 6.68. The maximum Gasteiger partial charge on any atom is 0.375 e. The highest BCUT2D eigenvalue weighted by molar-refractivity contribution is 6.09. The summed E-state index contributed by atoms with van der Waals surface area (Å²) in [7, 11) is 2.31. The number of benzene rings is 1. The number of rotatable bonds is 5. The first-order valence-electron chi connectivity index (χ1n) is 7.95. The summed E-state index contributed by atoms with van der Waals surface area (Å²) in [6, 6.07) is 5.64. The molecule has 0 aliphatic carbocycles. The van der Waals surface area contributed by atoms with Gasteiger partial charge in [-0.3, -0.25) is 10.1 Å². The quantitative estimate of drug-likeness (QED) is 0.477. The third-order valence-electron chi connectivity index (χ3n) is 3.50. The largest absolute Gasteiger partial charge is 0.465 e. The van der Waals surface area contributed by atoms with Gasteiger partial charge in [0.05, 0.1) is 24.7 Å². The number of nitro benzene ring substituents is 1. The van der Waals surface area contributed by atoms with Gasteiger partial charge in [-0.15, -0.1) is 0 Å². The van der Waals surface area contributed by atoms with Gasteiger partial charge in [-0.2, -0.15) is 0 Å². The molecule has 0 unspecified atom stereocenters. The molecule has 1 aromatic carbocycles. The van der Waals surface area contributed by atoms with Crippen molar-refractivity contribution in [2.24, 2.45) is 0 Å². The van der Waals surface area contributed by atoms with Gasteiger partial charge in [0.25, 0.3) is 5.69 Å². The molecule has 9 heteroatoms. The summed E-state index contributed by atoms with van der Waals surface area (Å²) in [5.41, 5.74) is -0.341. The first kappa shape index (κ1) is 20.0. The summed E-state index contributed by atoms with van der Waals surface area (Å²) in [5.74, 6) is -1.95. The number of hydrogen-bond donors (Lipinski definition) is 1. The number of nitro groups is 1. The molecular formula is C18H20N2O7. The van der Waals surface area contributed by atoms with E-state index in [0.717, 1.165) is 14.2 Å². The second-order valence-corrected chi connectivity index (χ2v) is 6.68. The summed E-state index contributed by atoms with van der Waals surface area (Å²) < 4.78 is 15.1. The SMILES string of the molecule is COC(=O)c1oc(NC(C)(C)C)c(-c2cccc([N+](=O)[O-])c2)c1C(=O)OC. The van der Waals surface area contributed by atoms with Crippen LogP contribution in [-0.4, -0.2) is 36.6 Å². The lowest BCUT2D eigenvalue weighted by Crippen LogP contribution is -2.26. The van der Waals surface area contributed by atoms with Crippen LogP contribution in [0.5, 0.6) is 0 Å². The summed E-state index contributed by atoms with van der Waals surface area (Å²) in [6.07, 6.45) is 0. The monoisotopic (exact) mass is 376 g/mol. The predicted molar refractivity (Wildman–Crippen MR) is 96.9 cm³/mol. The molecule has 0 amide bonds. The highest BCUT2D eigenvalue weighted by Crippen LogP contribution is 2.39. The van der Waals surface area contributed by atoms with Gasteiger partial charge in [0.2, 0.25) is 11.6 Å². The number of anilines is 1. The van der Waals surface area contributed by atoms with Crippen LogP contribution < -0.4 is 5.32 Å². The standard InChI is InChI=1S/C18H20N2O7/c1-18(2,3)19-15-12(10-7-6-8-11(9-10)20(23)24)13(16(21)25-4)14(27-15)17(22)26-5/h6-9,19H,1-5H3. The minimum Gasteiger partial charge on any atom is -0.465 e. The van der Waals surface area contributed by atoms with Crippen molar-refractivity contribution in [3.63, 3.8) is 0 Å². The molecule has 1 heterocycles. The number of nitrogens with one attached hydrogen (secondary N) is 1. The number of furan rings is 1. The van der Waals surface area contributed by atoms with E-state index in [4.69, 9.17) is 13.9 Å². The molecule has 2 rings (SSSR count). The fraction of sp³-hybridized carbons (Fsp3) is 0.333. The zero-order valence-electron chi connectivity index (χ0n) is 15.6. The summed E-state index contributed by atoms with van der Waals surface area (Å²) in [4.78, 5) is 35.1. The molecule has 0 fully saturated rings. The molecule has 9 nitrogen and oxygen atoms in total.